The molecule has 104 valence electrons. The van der Waals surface area contributed by atoms with Crippen molar-refractivity contribution in [2.75, 3.05) is 13.1 Å². The Morgan fingerprint density at radius 3 is 2.68 bits per heavy atom. The number of carbonyl (C=O) groups is 1. The van der Waals surface area contributed by atoms with E-state index in [9.17, 15) is 4.79 Å². The van der Waals surface area contributed by atoms with Crippen LogP contribution in [-0.2, 0) is 11.2 Å². The van der Waals surface area contributed by atoms with Crippen LogP contribution in [0, 0.1) is 12.8 Å². The largest absolute Gasteiger partial charge is 0.342 e. The first-order valence-electron chi connectivity index (χ1n) is 7.03. The highest BCUT2D eigenvalue weighted by molar-refractivity contribution is 9.09. The standard InChI is InChI=1S/C16H22BrNO/c1-12-3-5-14(6-4-12)7-8-16(19)18-10-9-13(2)15(17)11-18/h3-6,13,15H,7-11H2,1-2H3. The predicted molar refractivity (Wildman–Crippen MR) is 82.6 cm³/mol. The van der Waals surface area contributed by atoms with Crippen molar-refractivity contribution >= 4 is 21.8 Å². The number of piperidine rings is 1. The summed E-state index contributed by atoms with van der Waals surface area (Å²) in [6.07, 6.45) is 2.57. The number of halogens is 1. The maximum atomic E-state index is 12.2. The molecule has 1 aromatic carbocycles. The molecule has 2 rings (SSSR count). The molecule has 0 saturated carbocycles. The van der Waals surface area contributed by atoms with Gasteiger partial charge in [-0.15, -0.1) is 0 Å². The summed E-state index contributed by atoms with van der Waals surface area (Å²) in [5, 5.41) is 0. The lowest BCUT2D eigenvalue weighted by Gasteiger charge is -2.34. The van der Waals surface area contributed by atoms with E-state index in [1.807, 2.05) is 4.90 Å². The van der Waals surface area contributed by atoms with E-state index in [0.29, 0.717) is 17.2 Å². The zero-order valence-electron chi connectivity index (χ0n) is 11.7. The van der Waals surface area contributed by atoms with E-state index in [-0.39, 0.29) is 5.91 Å². The Balaban J connectivity index is 1.83. The molecular formula is C16H22BrNO. The zero-order valence-corrected chi connectivity index (χ0v) is 13.3. The van der Waals surface area contributed by atoms with Crippen molar-refractivity contribution in [3.63, 3.8) is 0 Å². The van der Waals surface area contributed by atoms with Crippen molar-refractivity contribution in [2.24, 2.45) is 5.92 Å². The van der Waals surface area contributed by atoms with E-state index in [1.54, 1.807) is 0 Å². The van der Waals surface area contributed by atoms with Gasteiger partial charge >= 0.3 is 0 Å². The van der Waals surface area contributed by atoms with Gasteiger partial charge in [-0.05, 0) is 31.2 Å². The molecule has 1 heterocycles. The fourth-order valence-electron chi connectivity index (χ4n) is 2.41. The van der Waals surface area contributed by atoms with Crippen LogP contribution in [0.4, 0.5) is 0 Å². The molecule has 3 heteroatoms. The molecule has 1 aliphatic heterocycles. The minimum Gasteiger partial charge on any atom is -0.342 e. The number of hydrogen-bond acceptors (Lipinski definition) is 1. The van der Waals surface area contributed by atoms with Gasteiger partial charge in [-0.2, -0.15) is 0 Å². The summed E-state index contributed by atoms with van der Waals surface area (Å²) in [5.41, 5.74) is 2.52. The van der Waals surface area contributed by atoms with Crippen LogP contribution in [0.1, 0.15) is 30.9 Å². The third-order valence-electron chi connectivity index (χ3n) is 3.97. The van der Waals surface area contributed by atoms with Crippen LogP contribution >= 0.6 is 15.9 Å². The molecule has 2 atom stereocenters. The Labute approximate surface area is 124 Å². The Hall–Kier alpha value is -0.830. The first-order chi connectivity index (χ1) is 9.06. The van der Waals surface area contributed by atoms with Gasteiger partial charge in [-0.3, -0.25) is 4.79 Å². The summed E-state index contributed by atoms with van der Waals surface area (Å²) in [4.78, 5) is 14.7. The van der Waals surface area contributed by atoms with Gasteiger partial charge < -0.3 is 4.90 Å². The van der Waals surface area contributed by atoms with Crippen molar-refractivity contribution in [3.05, 3.63) is 35.4 Å². The summed E-state index contributed by atoms with van der Waals surface area (Å²) in [6.45, 7) is 6.09. The lowest BCUT2D eigenvalue weighted by molar-refractivity contribution is -0.132. The minimum absolute atomic E-state index is 0.289. The molecule has 1 fully saturated rings. The van der Waals surface area contributed by atoms with Gasteiger partial charge in [0, 0.05) is 24.3 Å². The molecule has 1 saturated heterocycles. The second-order valence-corrected chi connectivity index (χ2v) is 6.78. The SMILES string of the molecule is Cc1ccc(CCC(=O)N2CCC(C)C(Br)C2)cc1. The number of aryl methyl sites for hydroxylation is 2. The molecule has 0 spiro atoms. The van der Waals surface area contributed by atoms with E-state index in [0.717, 1.165) is 25.9 Å². The molecule has 0 aliphatic carbocycles. The number of likely N-dealkylation sites (tertiary alicyclic amines) is 1. The minimum atomic E-state index is 0.289. The van der Waals surface area contributed by atoms with E-state index >= 15 is 0 Å². The van der Waals surface area contributed by atoms with Gasteiger partial charge in [0.05, 0.1) is 0 Å². The summed E-state index contributed by atoms with van der Waals surface area (Å²) in [7, 11) is 0. The molecule has 0 bridgehead atoms. The van der Waals surface area contributed by atoms with Crippen molar-refractivity contribution < 1.29 is 4.79 Å². The molecule has 0 aromatic heterocycles. The number of hydrogen-bond donors (Lipinski definition) is 0. The molecule has 19 heavy (non-hydrogen) atoms. The number of rotatable bonds is 3. The third-order valence-corrected chi connectivity index (χ3v) is 5.16. The summed E-state index contributed by atoms with van der Waals surface area (Å²) in [5.74, 6) is 0.957. The molecule has 0 N–H and O–H groups in total. The fourth-order valence-corrected chi connectivity index (χ4v) is 3.03. The third kappa shape index (κ3) is 4.07. The number of carbonyl (C=O) groups excluding carboxylic acids is 1. The number of amides is 1. The Morgan fingerprint density at radius 2 is 2.05 bits per heavy atom. The average Bonchev–Trinajstić information content (AvgIpc) is 2.41. The van der Waals surface area contributed by atoms with Gasteiger partial charge in [0.1, 0.15) is 0 Å². The second-order valence-electron chi connectivity index (χ2n) is 5.61. The van der Waals surface area contributed by atoms with Crippen LogP contribution in [0.3, 0.4) is 0 Å². The molecular weight excluding hydrogens is 302 g/mol. The van der Waals surface area contributed by atoms with Gasteiger partial charge in [0.15, 0.2) is 0 Å². The van der Waals surface area contributed by atoms with Crippen molar-refractivity contribution in [1.82, 2.24) is 4.90 Å². The van der Waals surface area contributed by atoms with Crippen LogP contribution in [0.15, 0.2) is 24.3 Å². The highest BCUT2D eigenvalue weighted by Gasteiger charge is 2.26. The van der Waals surface area contributed by atoms with Gasteiger partial charge in [0.25, 0.3) is 0 Å². The quantitative estimate of drug-likeness (QED) is 0.779. The first kappa shape index (κ1) is 14.6. The number of alkyl halides is 1. The Morgan fingerprint density at radius 1 is 1.37 bits per heavy atom. The van der Waals surface area contributed by atoms with E-state index in [2.05, 4.69) is 54.0 Å². The van der Waals surface area contributed by atoms with Crippen LogP contribution in [-0.4, -0.2) is 28.7 Å². The molecule has 2 nitrogen and oxygen atoms in total. The average molecular weight is 324 g/mol. The van der Waals surface area contributed by atoms with E-state index in [1.165, 1.54) is 11.1 Å². The van der Waals surface area contributed by atoms with Crippen LogP contribution in [0.2, 0.25) is 0 Å². The number of nitrogens with zero attached hydrogens (tertiary/aromatic N) is 1. The highest BCUT2D eigenvalue weighted by Crippen LogP contribution is 2.23. The van der Waals surface area contributed by atoms with Crippen molar-refractivity contribution in [2.45, 2.75) is 37.9 Å². The van der Waals surface area contributed by atoms with Gasteiger partial charge in [-0.1, -0.05) is 52.7 Å². The van der Waals surface area contributed by atoms with Gasteiger partial charge in [-0.25, -0.2) is 0 Å². The topological polar surface area (TPSA) is 20.3 Å². The highest BCUT2D eigenvalue weighted by atomic mass is 79.9. The molecule has 1 aliphatic rings. The predicted octanol–water partition coefficient (Wildman–Crippen LogP) is 3.56. The Bertz CT molecular complexity index is 429. The first-order valence-corrected chi connectivity index (χ1v) is 7.95. The Kier molecular flexibility index (Phi) is 5.03. The maximum Gasteiger partial charge on any atom is 0.222 e. The van der Waals surface area contributed by atoms with E-state index < -0.39 is 0 Å². The normalized spacial score (nSPS) is 23.4. The summed E-state index contributed by atoms with van der Waals surface area (Å²) < 4.78 is 0. The smallest absolute Gasteiger partial charge is 0.222 e. The van der Waals surface area contributed by atoms with E-state index in [4.69, 9.17) is 0 Å². The van der Waals surface area contributed by atoms with Crippen LogP contribution in [0.5, 0.6) is 0 Å². The van der Waals surface area contributed by atoms with Gasteiger partial charge in [0.2, 0.25) is 5.91 Å². The van der Waals surface area contributed by atoms with Crippen molar-refractivity contribution in [3.8, 4) is 0 Å². The van der Waals surface area contributed by atoms with Crippen LogP contribution in [0.25, 0.3) is 0 Å². The van der Waals surface area contributed by atoms with Crippen molar-refractivity contribution in [1.29, 1.82) is 0 Å². The molecule has 1 amide bonds. The number of benzene rings is 1. The second kappa shape index (κ2) is 6.56. The molecule has 0 radical (unpaired) electrons. The lowest BCUT2D eigenvalue weighted by atomic mass is 9.98. The fraction of sp³-hybridized carbons (Fsp3) is 0.562. The molecule has 1 aromatic rings. The zero-order chi connectivity index (χ0) is 13.8. The monoisotopic (exact) mass is 323 g/mol. The van der Waals surface area contributed by atoms with Crippen LogP contribution < -0.4 is 0 Å². The maximum absolute atomic E-state index is 12.2. The molecule has 2 unspecified atom stereocenters. The summed E-state index contributed by atoms with van der Waals surface area (Å²) >= 11 is 3.67. The summed E-state index contributed by atoms with van der Waals surface area (Å²) in [6, 6.07) is 8.45. The lowest BCUT2D eigenvalue weighted by Crippen LogP contribution is -2.43.